The first-order valence-corrected chi connectivity index (χ1v) is 7.99. The predicted octanol–water partition coefficient (Wildman–Crippen LogP) is 3.50. The van der Waals surface area contributed by atoms with Gasteiger partial charge in [-0.25, -0.2) is 0 Å². The summed E-state index contributed by atoms with van der Waals surface area (Å²) in [5.41, 5.74) is 2.48. The van der Waals surface area contributed by atoms with Crippen LogP contribution in [0.15, 0.2) is 28.7 Å². The van der Waals surface area contributed by atoms with Crippen LogP contribution in [0.4, 0.5) is 0 Å². The summed E-state index contributed by atoms with van der Waals surface area (Å²) in [6.07, 6.45) is 1.91. The standard InChI is InChI=1S/C16H21BrN2/c1-15-7-16(2)10-18(8-15)14(19(9-15)11-16)12-3-5-13(17)6-4-12/h3-6,14H,7-11H2,1-2H3. The summed E-state index contributed by atoms with van der Waals surface area (Å²) in [4.78, 5) is 5.42. The summed E-state index contributed by atoms with van der Waals surface area (Å²) in [5.74, 6) is 0. The van der Waals surface area contributed by atoms with Crippen molar-refractivity contribution in [2.75, 3.05) is 26.2 Å². The van der Waals surface area contributed by atoms with E-state index in [0.717, 1.165) is 0 Å². The predicted molar refractivity (Wildman–Crippen MR) is 80.9 cm³/mol. The average Bonchev–Trinajstić information content (AvgIpc) is 2.27. The molecule has 1 aromatic rings. The molecule has 4 bridgehead atoms. The van der Waals surface area contributed by atoms with Crippen LogP contribution in [0.25, 0.3) is 0 Å². The molecule has 0 radical (unpaired) electrons. The minimum Gasteiger partial charge on any atom is -0.283 e. The van der Waals surface area contributed by atoms with Crippen LogP contribution in [0.5, 0.6) is 0 Å². The van der Waals surface area contributed by atoms with E-state index in [1.165, 1.54) is 42.6 Å². The van der Waals surface area contributed by atoms with Gasteiger partial charge >= 0.3 is 0 Å². The van der Waals surface area contributed by atoms with E-state index in [4.69, 9.17) is 0 Å². The number of nitrogens with zero attached hydrogens (tertiary/aromatic N) is 2. The van der Waals surface area contributed by atoms with Gasteiger partial charge in [-0.3, -0.25) is 9.80 Å². The fraction of sp³-hybridized carbons (Fsp3) is 0.625. The smallest absolute Gasteiger partial charge is 0.0886 e. The molecule has 2 nitrogen and oxygen atoms in total. The first-order chi connectivity index (χ1) is 8.96. The molecule has 0 amide bonds. The van der Waals surface area contributed by atoms with E-state index in [1.807, 2.05) is 0 Å². The first kappa shape index (κ1) is 12.4. The monoisotopic (exact) mass is 320 g/mol. The van der Waals surface area contributed by atoms with Crippen molar-refractivity contribution in [2.45, 2.75) is 26.4 Å². The second-order valence-electron chi connectivity index (χ2n) is 7.53. The lowest BCUT2D eigenvalue weighted by Gasteiger charge is -2.66. The van der Waals surface area contributed by atoms with Crippen molar-refractivity contribution in [1.29, 1.82) is 0 Å². The maximum atomic E-state index is 3.54. The van der Waals surface area contributed by atoms with Crippen LogP contribution in [0.1, 0.15) is 32.0 Å². The van der Waals surface area contributed by atoms with Gasteiger partial charge in [0.05, 0.1) is 6.17 Å². The summed E-state index contributed by atoms with van der Waals surface area (Å²) in [5, 5.41) is 0. The Labute approximate surface area is 123 Å². The van der Waals surface area contributed by atoms with Gasteiger partial charge in [0.25, 0.3) is 0 Å². The molecule has 19 heavy (non-hydrogen) atoms. The molecule has 0 atom stereocenters. The van der Waals surface area contributed by atoms with Crippen molar-refractivity contribution in [3.63, 3.8) is 0 Å². The molecule has 0 aromatic heterocycles. The molecule has 0 saturated carbocycles. The number of hydrogen-bond donors (Lipinski definition) is 0. The molecule has 4 aliphatic heterocycles. The van der Waals surface area contributed by atoms with E-state index in [-0.39, 0.29) is 0 Å². The lowest BCUT2D eigenvalue weighted by atomic mass is 9.63. The number of halogens is 1. The molecule has 5 rings (SSSR count). The van der Waals surface area contributed by atoms with Crippen LogP contribution in [-0.2, 0) is 0 Å². The molecule has 102 valence electrons. The second kappa shape index (κ2) is 3.84. The highest BCUT2D eigenvalue weighted by Gasteiger charge is 2.56. The minimum atomic E-state index is 0.509. The Bertz CT molecular complexity index is 474. The van der Waals surface area contributed by atoms with Crippen molar-refractivity contribution >= 4 is 15.9 Å². The molecule has 4 fully saturated rings. The molecule has 4 heterocycles. The lowest BCUT2D eigenvalue weighted by Crippen LogP contribution is -2.70. The Hall–Kier alpha value is -0.380. The molecule has 0 aliphatic carbocycles. The van der Waals surface area contributed by atoms with Crippen molar-refractivity contribution in [3.05, 3.63) is 34.3 Å². The summed E-state index contributed by atoms with van der Waals surface area (Å²) < 4.78 is 1.17. The zero-order valence-electron chi connectivity index (χ0n) is 11.7. The van der Waals surface area contributed by atoms with Crippen LogP contribution in [0.3, 0.4) is 0 Å². The van der Waals surface area contributed by atoms with E-state index < -0.39 is 0 Å². The molecule has 0 spiro atoms. The van der Waals surface area contributed by atoms with Gasteiger partial charge in [-0.2, -0.15) is 0 Å². The van der Waals surface area contributed by atoms with Gasteiger partial charge in [0.2, 0.25) is 0 Å². The van der Waals surface area contributed by atoms with Crippen molar-refractivity contribution in [1.82, 2.24) is 9.80 Å². The Morgan fingerprint density at radius 1 is 0.947 bits per heavy atom. The van der Waals surface area contributed by atoms with E-state index in [1.54, 1.807) is 0 Å². The first-order valence-electron chi connectivity index (χ1n) is 7.20. The Balaban J connectivity index is 1.71. The van der Waals surface area contributed by atoms with E-state index >= 15 is 0 Å². The highest BCUT2D eigenvalue weighted by Crippen LogP contribution is 2.54. The van der Waals surface area contributed by atoms with Gasteiger partial charge in [0.1, 0.15) is 0 Å². The Morgan fingerprint density at radius 3 is 1.89 bits per heavy atom. The van der Waals surface area contributed by atoms with Gasteiger partial charge in [-0.05, 0) is 34.9 Å². The molecular weight excluding hydrogens is 300 g/mol. The average molecular weight is 321 g/mol. The normalized spacial score (nSPS) is 47.6. The number of rotatable bonds is 1. The fourth-order valence-electron chi connectivity index (χ4n) is 5.06. The number of hydrogen-bond acceptors (Lipinski definition) is 2. The molecule has 0 N–H and O–H groups in total. The lowest BCUT2D eigenvalue weighted by molar-refractivity contribution is -0.194. The molecular formula is C16H21BrN2. The molecule has 4 aliphatic rings. The highest BCUT2D eigenvalue weighted by atomic mass is 79.9. The van der Waals surface area contributed by atoms with Crippen LogP contribution in [-0.4, -0.2) is 36.0 Å². The summed E-state index contributed by atoms with van der Waals surface area (Å²) in [6, 6.07) is 8.90. The SMILES string of the molecule is CC12CN3CC(C)(CN(C1)C3c1ccc(Br)cc1)C2. The van der Waals surface area contributed by atoms with Gasteiger partial charge < -0.3 is 0 Å². The number of benzene rings is 1. The summed E-state index contributed by atoms with van der Waals surface area (Å²) >= 11 is 3.54. The fourth-order valence-corrected chi connectivity index (χ4v) is 5.32. The third-order valence-corrected chi connectivity index (χ3v) is 5.58. The van der Waals surface area contributed by atoms with Crippen LogP contribution < -0.4 is 0 Å². The van der Waals surface area contributed by atoms with Gasteiger partial charge in [-0.15, -0.1) is 0 Å². The second-order valence-corrected chi connectivity index (χ2v) is 8.45. The largest absolute Gasteiger partial charge is 0.283 e. The highest BCUT2D eigenvalue weighted by molar-refractivity contribution is 9.10. The quantitative estimate of drug-likeness (QED) is 0.781. The maximum Gasteiger partial charge on any atom is 0.0886 e. The zero-order chi connectivity index (χ0) is 13.3. The van der Waals surface area contributed by atoms with E-state index in [2.05, 4.69) is 63.8 Å². The Morgan fingerprint density at radius 2 is 1.42 bits per heavy atom. The van der Waals surface area contributed by atoms with Crippen LogP contribution >= 0.6 is 15.9 Å². The zero-order valence-corrected chi connectivity index (χ0v) is 13.3. The van der Waals surface area contributed by atoms with Gasteiger partial charge in [-0.1, -0.05) is 41.9 Å². The van der Waals surface area contributed by atoms with Crippen molar-refractivity contribution in [2.24, 2.45) is 10.8 Å². The third-order valence-electron chi connectivity index (χ3n) is 5.05. The molecule has 0 unspecified atom stereocenters. The molecule has 4 saturated heterocycles. The molecule has 3 heteroatoms. The van der Waals surface area contributed by atoms with E-state index in [9.17, 15) is 0 Å². The topological polar surface area (TPSA) is 6.48 Å². The third kappa shape index (κ3) is 1.90. The minimum absolute atomic E-state index is 0.509. The van der Waals surface area contributed by atoms with E-state index in [0.29, 0.717) is 17.0 Å². The summed E-state index contributed by atoms with van der Waals surface area (Å²) in [6.45, 7) is 10.0. The number of piperidine rings is 2. The molecule has 1 aromatic carbocycles. The van der Waals surface area contributed by atoms with Gasteiger partial charge in [0.15, 0.2) is 0 Å². The van der Waals surface area contributed by atoms with Crippen molar-refractivity contribution in [3.8, 4) is 0 Å². The maximum absolute atomic E-state index is 3.54. The van der Waals surface area contributed by atoms with Crippen LogP contribution in [0, 0.1) is 10.8 Å². The van der Waals surface area contributed by atoms with Crippen molar-refractivity contribution < 1.29 is 0 Å². The van der Waals surface area contributed by atoms with Gasteiger partial charge in [0, 0.05) is 30.7 Å². The van der Waals surface area contributed by atoms with Crippen LogP contribution in [0.2, 0.25) is 0 Å². The Kier molecular flexibility index (Phi) is 2.50. The summed E-state index contributed by atoms with van der Waals surface area (Å²) in [7, 11) is 0.